The number of rotatable bonds is 19. The molecule has 2 aromatic carbocycles. The van der Waals surface area contributed by atoms with E-state index in [2.05, 4.69) is 31.2 Å². The van der Waals surface area contributed by atoms with Crippen LogP contribution in [-0.2, 0) is 31.0 Å². The average Bonchev–Trinajstić information content (AvgIpc) is 4.02. The Morgan fingerprint density at radius 3 is 1.65 bits per heavy atom. The number of carbonyl (C=O) groups is 5. The quantitative estimate of drug-likeness (QED) is 0.0447. The number of hydrogen-bond donors (Lipinski definition) is 5. The average molecular weight is 851 g/mol. The maximum Gasteiger partial charge on any atom is 0.276 e. The van der Waals surface area contributed by atoms with Crippen LogP contribution < -0.4 is 37.0 Å². The summed E-state index contributed by atoms with van der Waals surface area (Å²) in [6.45, 7) is 8.60. The van der Waals surface area contributed by atoms with E-state index in [9.17, 15) is 24.0 Å². The van der Waals surface area contributed by atoms with E-state index in [1.165, 1.54) is 36.4 Å². The second-order valence-corrected chi connectivity index (χ2v) is 14.2. The van der Waals surface area contributed by atoms with Gasteiger partial charge in [-0.1, -0.05) is 12.2 Å². The highest BCUT2D eigenvalue weighted by atomic mass is 16.5. The molecule has 0 saturated heterocycles. The van der Waals surface area contributed by atoms with Gasteiger partial charge in [-0.05, 0) is 70.5 Å². The lowest BCUT2D eigenvalue weighted by molar-refractivity contribution is -0.132. The number of nitrogens with zero attached hydrogens (tertiary/aromatic N) is 9. The van der Waals surface area contributed by atoms with Crippen LogP contribution in [0.1, 0.15) is 79.8 Å². The van der Waals surface area contributed by atoms with Crippen LogP contribution >= 0.6 is 0 Å². The molecule has 21 nitrogen and oxygen atoms in total. The molecule has 62 heavy (non-hydrogen) atoms. The summed E-state index contributed by atoms with van der Waals surface area (Å²) in [6, 6.07) is 9.38. The number of methoxy groups -OCH3 is 1. The van der Waals surface area contributed by atoms with Crippen molar-refractivity contribution in [3.05, 3.63) is 82.5 Å². The number of anilines is 2. The third kappa shape index (κ3) is 9.26. The summed E-state index contributed by atoms with van der Waals surface area (Å²) in [5.41, 5.74) is 18.0. The van der Waals surface area contributed by atoms with Crippen molar-refractivity contribution in [2.24, 2.45) is 11.5 Å². The normalized spacial score (nSPS) is 11.4. The summed E-state index contributed by atoms with van der Waals surface area (Å²) in [5.74, 6) is -1.61. The Morgan fingerprint density at radius 1 is 0.742 bits per heavy atom. The van der Waals surface area contributed by atoms with Gasteiger partial charge in [-0.15, -0.1) is 0 Å². The van der Waals surface area contributed by atoms with Gasteiger partial charge < -0.3 is 30.1 Å². The molecule has 0 radical (unpaired) electrons. The van der Waals surface area contributed by atoms with Crippen molar-refractivity contribution in [3.8, 4) is 11.5 Å². The maximum absolute atomic E-state index is 13.8. The maximum atomic E-state index is 13.8. The fourth-order valence-corrected chi connectivity index (χ4v) is 6.88. The number of amides is 5. The van der Waals surface area contributed by atoms with Gasteiger partial charge in [-0.2, -0.15) is 10.2 Å². The van der Waals surface area contributed by atoms with Gasteiger partial charge in [0.2, 0.25) is 29.6 Å². The zero-order valence-corrected chi connectivity index (χ0v) is 35.6. The lowest BCUT2D eigenvalue weighted by Gasteiger charge is -2.15. The minimum absolute atomic E-state index is 0.110. The lowest BCUT2D eigenvalue weighted by Crippen LogP contribution is -2.36. The fourth-order valence-electron chi connectivity index (χ4n) is 6.88. The number of hydrazine groups is 1. The number of ether oxygens (including phenoxy) is 2. The van der Waals surface area contributed by atoms with Gasteiger partial charge in [-0.25, -0.2) is 15.4 Å². The van der Waals surface area contributed by atoms with E-state index in [0.717, 1.165) is 0 Å². The van der Waals surface area contributed by atoms with E-state index in [-0.39, 0.29) is 60.8 Å². The van der Waals surface area contributed by atoms with Crippen molar-refractivity contribution >= 4 is 63.5 Å². The molecule has 7 N–H and O–H groups in total. The van der Waals surface area contributed by atoms with E-state index in [1.807, 2.05) is 26.0 Å². The Labute approximate surface area is 356 Å². The molecule has 0 unspecified atom stereocenters. The van der Waals surface area contributed by atoms with Crippen molar-refractivity contribution < 1.29 is 33.4 Å². The molecule has 0 bridgehead atoms. The zero-order chi connectivity index (χ0) is 44.8. The molecule has 6 rings (SSSR count). The van der Waals surface area contributed by atoms with E-state index in [0.29, 0.717) is 70.1 Å². The molecule has 4 heterocycles. The first-order chi connectivity index (χ1) is 29.7. The lowest BCUT2D eigenvalue weighted by atomic mass is 10.1. The highest BCUT2D eigenvalue weighted by Crippen LogP contribution is 2.33. The van der Waals surface area contributed by atoms with E-state index in [1.54, 1.807) is 58.6 Å². The number of nitrogens with two attached hydrogens (primary N) is 2. The number of hydrogen-bond acceptors (Lipinski definition) is 12. The summed E-state index contributed by atoms with van der Waals surface area (Å²) in [7, 11) is 4.71. The Hall–Kier alpha value is -7.55. The summed E-state index contributed by atoms with van der Waals surface area (Å²) in [5, 5.41) is 16.0. The molecular formula is C41H50N14O7. The monoisotopic (exact) mass is 850 g/mol. The SMILES string of the molecule is CCn1nc(C)cc1C(=O)Nc1nc2cc(C(N)=O)cc(OC)c2n1C/C=C/Cn1c(NC(=O)c2cc(C)nn2CC)nc2cc(C(N)=O)cc(OCCCC(=O)N(C)NC)c21. The molecule has 6 aromatic rings. The van der Waals surface area contributed by atoms with Gasteiger partial charge in [-0.3, -0.25) is 49.0 Å². The number of aromatic nitrogens is 8. The van der Waals surface area contributed by atoms with Gasteiger partial charge in [0.25, 0.3) is 11.8 Å². The smallest absolute Gasteiger partial charge is 0.276 e. The van der Waals surface area contributed by atoms with Crippen molar-refractivity contribution in [2.45, 2.75) is 66.7 Å². The standard InChI is InChI=1S/C41H50N14O7/c1-8-54-29(17-23(3)49-54)38(59)47-40-45-27-19-25(36(42)57)21-31(61-7)34(27)52(40)14-10-11-15-53-35-28(46-41(53)48-39(60)30-18-24(4)50-55(30)9-2)20-26(37(43)58)22-32(35)62-16-12-13-33(56)51(6)44-5/h10-11,17-22,44H,8-9,12-16H2,1-7H3,(H2,42,57)(H2,43,58)(H,45,47,59)(H,46,48,60)/b11-10+. The number of allylic oxidation sites excluding steroid dienone is 2. The molecule has 21 heteroatoms. The van der Waals surface area contributed by atoms with Crippen LogP contribution in [0, 0.1) is 13.8 Å². The number of fused-ring (bicyclic) bond motifs is 2. The zero-order valence-electron chi connectivity index (χ0n) is 35.6. The Balaban J connectivity index is 1.40. The Kier molecular flexibility index (Phi) is 13.3. The largest absolute Gasteiger partial charge is 0.494 e. The van der Waals surface area contributed by atoms with E-state index >= 15 is 0 Å². The van der Waals surface area contributed by atoms with Crippen molar-refractivity contribution in [3.63, 3.8) is 0 Å². The second kappa shape index (κ2) is 18.8. The first-order valence-electron chi connectivity index (χ1n) is 19.8. The molecule has 0 fully saturated rings. The van der Waals surface area contributed by atoms with Crippen LogP contribution in [0.2, 0.25) is 0 Å². The number of benzene rings is 2. The van der Waals surface area contributed by atoms with Gasteiger partial charge in [0, 0.05) is 57.8 Å². The molecule has 0 aliphatic heterocycles. The third-order valence-corrected chi connectivity index (χ3v) is 9.97. The van der Waals surface area contributed by atoms with Gasteiger partial charge in [0.15, 0.2) is 0 Å². The van der Waals surface area contributed by atoms with Crippen molar-refractivity contribution in [1.82, 2.24) is 49.1 Å². The Bertz CT molecular complexity index is 2720. The third-order valence-electron chi connectivity index (χ3n) is 9.97. The highest BCUT2D eigenvalue weighted by Gasteiger charge is 2.24. The molecule has 0 aliphatic rings. The second-order valence-electron chi connectivity index (χ2n) is 14.2. The molecule has 0 saturated carbocycles. The Morgan fingerprint density at radius 2 is 1.21 bits per heavy atom. The molecular weight excluding hydrogens is 801 g/mol. The van der Waals surface area contributed by atoms with Crippen LogP contribution in [0.5, 0.6) is 11.5 Å². The van der Waals surface area contributed by atoms with Crippen LogP contribution in [-0.4, -0.2) is 101 Å². The number of aryl methyl sites for hydroxylation is 4. The highest BCUT2D eigenvalue weighted by molar-refractivity contribution is 6.05. The number of imidazole rings is 2. The molecule has 4 aromatic heterocycles. The van der Waals surface area contributed by atoms with Crippen LogP contribution in [0.4, 0.5) is 11.9 Å². The number of nitrogens with one attached hydrogen (secondary N) is 3. The molecule has 0 spiro atoms. The summed E-state index contributed by atoms with van der Waals surface area (Å²) >= 11 is 0. The first kappa shape index (κ1) is 44.0. The summed E-state index contributed by atoms with van der Waals surface area (Å²) in [4.78, 5) is 74.0. The minimum Gasteiger partial charge on any atom is -0.494 e. The van der Waals surface area contributed by atoms with Gasteiger partial charge >= 0.3 is 0 Å². The molecule has 326 valence electrons. The molecule has 0 atom stereocenters. The summed E-state index contributed by atoms with van der Waals surface area (Å²) in [6.07, 6.45) is 4.17. The number of carbonyl (C=O) groups excluding carboxylic acids is 5. The van der Waals surface area contributed by atoms with Crippen molar-refractivity contribution in [1.29, 1.82) is 0 Å². The predicted molar refractivity (Wildman–Crippen MR) is 230 cm³/mol. The molecule has 0 aliphatic carbocycles. The van der Waals surface area contributed by atoms with Gasteiger partial charge in [0.05, 0.1) is 36.1 Å². The van der Waals surface area contributed by atoms with Crippen LogP contribution in [0.15, 0.2) is 48.6 Å². The summed E-state index contributed by atoms with van der Waals surface area (Å²) < 4.78 is 18.5. The van der Waals surface area contributed by atoms with Crippen LogP contribution in [0.25, 0.3) is 22.1 Å². The van der Waals surface area contributed by atoms with Crippen molar-refractivity contribution in [2.75, 3.05) is 38.4 Å². The topological polar surface area (TPSA) is 266 Å². The van der Waals surface area contributed by atoms with Crippen LogP contribution in [0.3, 0.4) is 0 Å². The van der Waals surface area contributed by atoms with Gasteiger partial charge in [0.1, 0.15) is 33.9 Å². The first-order valence-corrected chi connectivity index (χ1v) is 19.8. The predicted octanol–water partition coefficient (Wildman–Crippen LogP) is 3.15. The number of primary amides is 2. The minimum atomic E-state index is -0.715. The van der Waals surface area contributed by atoms with E-state index < -0.39 is 23.6 Å². The van der Waals surface area contributed by atoms with E-state index in [4.69, 9.17) is 25.9 Å². The fraction of sp³-hybridized carbons (Fsp3) is 0.341. The molecule has 5 amide bonds.